The van der Waals surface area contributed by atoms with E-state index in [9.17, 15) is 27.2 Å². The van der Waals surface area contributed by atoms with Crippen LogP contribution in [0.25, 0.3) is 21.8 Å². The van der Waals surface area contributed by atoms with Crippen molar-refractivity contribution in [3.8, 4) is 0 Å². The summed E-state index contributed by atoms with van der Waals surface area (Å²) in [6.07, 6.45) is 6.19. The number of hydroxylamine groups is 1. The highest BCUT2D eigenvalue weighted by molar-refractivity contribution is 5.96. The van der Waals surface area contributed by atoms with Crippen molar-refractivity contribution in [1.82, 2.24) is 24.6 Å². The molecule has 0 saturated carbocycles. The van der Waals surface area contributed by atoms with Gasteiger partial charge in [-0.3, -0.25) is 10.0 Å². The molecule has 19 heteroatoms. The van der Waals surface area contributed by atoms with Gasteiger partial charge in [0.15, 0.2) is 11.6 Å². The maximum Gasteiger partial charge on any atom is 0.356 e. The van der Waals surface area contributed by atoms with Crippen molar-refractivity contribution in [2.24, 2.45) is 0 Å². The first-order valence-electron chi connectivity index (χ1n) is 20.2. The van der Waals surface area contributed by atoms with Crippen LogP contribution >= 0.6 is 0 Å². The number of nitrogens with zero attached hydrogens (tertiary/aromatic N) is 4. The molecular weight excluding hydrogens is 847 g/mol. The third kappa shape index (κ3) is 11.1. The molecule has 64 heavy (non-hydrogen) atoms. The SMILES string of the molecule is CC1(C)OCC(COCc2cn(Cc3ccc(F)cc3F)c3cnc(C(=O)NO)cc23)O1.COC(=O)c1cc2c(COCC3COC(C)(C)O3)cn(Cc3ccc(F)cc3F)c2cn1. The Morgan fingerprint density at radius 1 is 0.719 bits per heavy atom. The Morgan fingerprint density at radius 2 is 1.17 bits per heavy atom. The Labute approximate surface area is 364 Å². The van der Waals surface area contributed by atoms with Crippen LogP contribution in [0.3, 0.4) is 0 Å². The third-order valence-corrected chi connectivity index (χ3v) is 10.4. The number of hydrogen-bond donors (Lipinski definition) is 2. The molecule has 0 bridgehead atoms. The monoisotopic (exact) mass is 893 g/mol. The third-order valence-electron chi connectivity index (χ3n) is 10.4. The lowest BCUT2D eigenvalue weighted by Gasteiger charge is -2.17. The predicted molar refractivity (Wildman–Crippen MR) is 220 cm³/mol. The molecule has 0 aliphatic carbocycles. The van der Waals surface area contributed by atoms with Gasteiger partial charge >= 0.3 is 5.97 Å². The van der Waals surface area contributed by atoms with Gasteiger partial charge in [0, 0.05) is 57.6 Å². The highest BCUT2D eigenvalue weighted by atomic mass is 19.1. The normalized spacial score (nSPS) is 17.7. The lowest BCUT2D eigenvalue weighted by atomic mass is 10.2. The number of nitrogens with one attached hydrogen (secondary N) is 1. The summed E-state index contributed by atoms with van der Waals surface area (Å²) in [5, 5.41) is 10.3. The van der Waals surface area contributed by atoms with Crippen molar-refractivity contribution in [3.63, 3.8) is 0 Å². The van der Waals surface area contributed by atoms with Crippen LogP contribution in [0.1, 0.15) is 70.9 Å². The molecule has 2 fully saturated rings. The summed E-state index contributed by atoms with van der Waals surface area (Å²) in [6.45, 7) is 9.56. The van der Waals surface area contributed by atoms with E-state index in [0.717, 1.165) is 28.6 Å². The Hall–Kier alpha value is -5.80. The van der Waals surface area contributed by atoms with Crippen LogP contribution in [0.5, 0.6) is 0 Å². The van der Waals surface area contributed by atoms with E-state index in [0.29, 0.717) is 54.0 Å². The zero-order valence-corrected chi connectivity index (χ0v) is 35.7. The fourth-order valence-corrected chi connectivity index (χ4v) is 7.37. The largest absolute Gasteiger partial charge is 0.464 e. The number of benzene rings is 2. The number of fused-ring (bicyclic) bond motifs is 2. The smallest absolute Gasteiger partial charge is 0.356 e. The van der Waals surface area contributed by atoms with E-state index in [1.165, 1.54) is 49.8 Å². The number of esters is 1. The van der Waals surface area contributed by atoms with Gasteiger partial charge in [-0.2, -0.15) is 0 Å². The van der Waals surface area contributed by atoms with Crippen molar-refractivity contribution in [2.45, 2.75) is 77.8 Å². The molecule has 2 aliphatic rings. The summed E-state index contributed by atoms with van der Waals surface area (Å²) in [7, 11) is 1.28. The molecule has 2 unspecified atom stereocenters. The zero-order valence-electron chi connectivity index (χ0n) is 35.7. The molecular formula is C45H47F4N5O10. The van der Waals surface area contributed by atoms with Crippen molar-refractivity contribution < 1.29 is 65.5 Å². The molecule has 4 aromatic heterocycles. The topological polar surface area (TPSA) is 167 Å². The lowest BCUT2D eigenvalue weighted by Crippen LogP contribution is -2.24. The van der Waals surface area contributed by atoms with Gasteiger partial charge in [-0.25, -0.2) is 37.8 Å². The summed E-state index contributed by atoms with van der Waals surface area (Å²) < 4.78 is 97.5. The molecule has 0 spiro atoms. The van der Waals surface area contributed by atoms with Gasteiger partial charge in [0.1, 0.15) is 46.9 Å². The molecule has 2 saturated heterocycles. The second-order valence-corrected chi connectivity index (χ2v) is 16.1. The highest BCUT2D eigenvalue weighted by Gasteiger charge is 2.34. The van der Waals surface area contributed by atoms with Crippen molar-refractivity contribution in [3.05, 3.63) is 130 Å². The van der Waals surface area contributed by atoms with Crippen molar-refractivity contribution in [1.29, 1.82) is 0 Å². The Balaban J connectivity index is 0.000000191. The van der Waals surface area contributed by atoms with E-state index in [1.54, 1.807) is 26.9 Å². The number of rotatable bonds is 14. The van der Waals surface area contributed by atoms with Crippen LogP contribution in [0.4, 0.5) is 17.6 Å². The molecule has 6 aromatic rings. The van der Waals surface area contributed by atoms with E-state index >= 15 is 0 Å². The average Bonchev–Trinajstić information content (AvgIpc) is 4.01. The first-order chi connectivity index (χ1) is 30.5. The van der Waals surface area contributed by atoms with E-state index in [4.69, 9.17) is 38.4 Å². The number of aromatic nitrogens is 4. The molecule has 2 N–H and O–H groups in total. The van der Waals surface area contributed by atoms with Gasteiger partial charge in [-0.05, 0) is 52.0 Å². The summed E-state index contributed by atoms with van der Waals surface area (Å²) in [5.74, 6) is -5.18. The second kappa shape index (κ2) is 19.5. The van der Waals surface area contributed by atoms with Crippen LogP contribution in [-0.4, -0.2) is 93.5 Å². The highest BCUT2D eigenvalue weighted by Crippen LogP contribution is 2.28. The summed E-state index contributed by atoms with van der Waals surface area (Å²) in [6, 6.07) is 10.0. The van der Waals surface area contributed by atoms with E-state index in [2.05, 4.69) is 9.97 Å². The minimum absolute atomic E-state index is 0.0150. The number of halogens is 4. The predicted octanol–water partition coefficient (Wildman–Crippen LogP) is 6.97. The van der Waals surface area contributed by atoms with E-state index < -0.39 is 46.7 Å². The summed E-state index contributed by atoms with van der Waals surface area (Å²) >= 11 is 0. The second-order valence-electron chi connectivity index (χ2n) is 16.1. The summed E-state index contributed by atoms with van der Waals surface area (Å²) in [5.41, 5.74) is 5.18. The van der Waals surface area contributed by atoms with E-state index in [-0.39, 0.29) is 49.9 Å². The molecule has 15 nitrogen and oxygen atoms in total. The minimum Gasteiger partial charge on any atom is -0.464 e. The molecule has 6 heterocycles. The Bertz CT molecular complexity index is 2470. The molecule has 1 amide bonds. The molecule has 340 valence electrons. The summed E-state index contributed by atoms with van der Waals surface area (Å²) in [4.78, 5) is 32.0. The van der Waals surface area contributed by atoms with Crippen LogP contribution in [0, 0.1) is 23.3 Å². The van der Waals surface area contributed by atoms with Gasteiger partial charge in [-0.15, -0.1) is 0 Å². The standard InChI is InChI=1S/C23H24F2N2O5.C22H23F2N3O5/c1-23(2)31-13-17(32-23)12-30-11-15-10-27(9-14-4-5-16(24)6-19(14)25)21-8-26-20(7-18(15)21)22(28)29-3;1-22(2)31-12-16(32-22)11-30-10-14-9-27(8-13-3-4-15(23)5-18(13)24)20-7-25-19(6-17(14)20)21(28)26-29/h4-8,10,17H,9,11-13H2,1-3H3;3-7,9,16,29H,8,10-12H2,1-2H3,(H,26,28). The quantitative estimate of drug-likeness (QED) is 0.0500. The van der Waals surface area contributed by atoms with Gasteiger partial charge in [0.05, 0.1) is 83.3 Å². The molecule has 8 rings (SSSR count). The average molecular weight is 894 g/mol. The maximum atomic E-state index is 14.2. The van der Waals surface area contributed by atoms with Gasteiger partial charge < -0.3 is 42.3 Å². The van der Waals surface area contributed by atoms with Crippen molar-refractivity contribution in [2.75, 3.05) is 33.5 Å². The zero-order chi connectivity index (χ0) is 45.8. The number of ether oxygens (including phenoxy) is 7. The van der Waals surface area contributed by atoms with Crippen LogP contribution in [0.2, 0.25) is 0 Å². The minimum atomic E-state index is -0.755. The van der Waals surface area contributed by atoms with Crippen molar-refractivity contribution >= 4 is 33.7 Å². The molecule has 2 aliphatic heterocycles. The number of hydrogen-bond acceptors (Lipinski definition) is 12. The Kier molecular flexibility index (Phi) is 14.1. The number of amides is 1. The van der Waals surface area contributed by atoms with Gasteiger partial charge in [-0.1, -0.05) is 12.1 Å². The first kappa shape index (κ1) is 46.2. The van der Waals surface area contributed by atoms with Gasteiger partial charge in [0.2, 0.25) is 0 Å². The molecule has 2 atom stereocenters. The molecule has 0 radical (unpaired) electrons. The number of carbonyl (C=O) groups excluding carboxylic acids is 2. The number of carbonyl (C=O) groups is 2. The first-order valence-corrected chi connectivity index (χ1v) is 20.2. The number of methoxy groups -OCH3 is 1. The van der Waals surface area contributed by atoms with Crippen LogP contribution < -0.4 is 5.48 Å². The van der Waals surface area contributed by atoms with Crippen LogP contribution in [-0.2, 0) is 59.5 Å². The fourth-order valence-electron chi connectivity index (χ4n) is 7.37. The molecule has 2 aromatic carbocycles. The Morgan fingerprint density at radius 3 is 1.58 bits per heavy atom. The maximum absolute atomic E-state index is 14.2. The van der Waals surface area contributed by atoms with Gasteiger partial charge in [0.25, 0.3) is 5.91 Å². The fraction of sp³-hybridized carbons (Fsp3) is 0.378. The van der Waals surface area contributed by atoms with E-state index in [1.807, 2.05) is 33.9 Å². The van der Waals surface area contributed by atoms with Crippen LogP contribution in [0.15, 0.2) is 73.3 Å². The number of pyridine rings is 2. The lowest BCUT2D eigenvalue weighted by molar-refractivity contribution is -0.146.